The van der Waals surface area contributed by atoms with Gasteiger partial charge in [-0.15, -0.1) is 0 Å². The van der Waals surface area contributed by atoms with Crippen molar-refractivity contribution in [2.75, 3.05) is 0 Å². The van der Waals surface area contributed by atoms with E-state index in [4.69, 9.17) is 17.1 Å². The van der Waals surface area contributed by atoms with E-state index in [9.17, 15) is 0 Å². The van der Waals surface area contributed by atoms with E-state index in [0.717, 1.165) is 16.7 Å². The molecule has 0 aliphatic rings. The van der Waals surface area contributed by atoms with Crippen LogP contribution >= 0.6 is 11.6 Å². The van der Waals surface area contributed by atoms with Gasteiger partial charge < -0.3 is 0 Å². The summed E-state index contributed by atoms with van der Waals surface area (Å²) in [7, 11) is 0. The van der Waals surface area contributed by atoms with Crippen molar-refractivity contribution in [3.63, 3.8) is 0 Å². The second-order valence-corrected chi connectivity index (χ2v) is 3.49. The summed E-state index contributed by atoms with van der Waals surface area (Å²) in [4.78, 5) is 6.79. The van der Waals surface area contributed by atoms with E-state index in [1.165, 1.54) is 0 Å². The molecule has 1 atom stereocenters. The fourth-order valence-electron chi connectivity index (χ4n) is 1.25. The lowest BCUT2D eigenvalue weighted by molar-refractivity contribution is 0.791. The van der Waals surface area contributed by atoms with Crippen molar-refractivity contribution in [1.29, 1.82) is 0 Å². The monoisotopic (exact) mass is 210 g/mol. The zero-order valence-corrected chi connectivity index (χ0v) is 9.08. The van der Waals surface area contributed by atoms with Gasteiger partial charge in [0.05, 0.1) is 6.04 Å². The maximum absolute atomic E-state index is 8.32. The fraction of sp³-hybridized carbons (Fsp3) is 0.444. The lowest BCUT2D eigenvalue weighted by Gasteiger charge is -2.11. The van der Waals surface area contributed by atoms with Gasteiger partial charge in [0, 0.05) is 11.1 Å². The predicted octanol–water partition coefficient (Wildman–Crippen LogP) is 3.72. The van der Waals surface area contributed by atoms with E-state index < -0.39 is 0 Å². The number of hydrogen-bond acceptors (Lipinski definition) is 2. The van der Waals surface area contributed by atoms with Crippen LogP contribution in [0, 0.1) is 13.8 Å². The van der Waals surface area contributed by atoms with Crippen LogP contribution in [0.5, 0.6) is 0 Å². The number of pyridine rings is 1. The summed E-state index contributed by atoms with van der Waals surface area (Å²) in [5, 5.41) is 4.12. The van der Waals surface area contributed by atoms with E-state index >= 15 is 0 Å². The Labute approximate surface area is 87.5 Å². The number of rotatable bonds is 2. The van der Waals surface area contributed by atoms with Crippen molar-refractivity contribution in [1.82, 2.24) is 4.98 Å². The van der Waals surface area contributed by atoms with Crippen molar-refractivity contribution in [2.45, 2.75) is 26.8 Å². The van der Waals surface area contributed by atoms with Gasteiger partial charge in [0.25, 0.3) is 0 Å². The molecule has 0 aliphatic carbocycles. The first-order valence-corrected chi connectivity index (χ1v) is 4.61. The molecule has 0 aromatic carbocycles. The Morgan fingerprint density at radius 1 is 1.50 bits per heavy atom. The van der Waals surface area contributed by atoms with Crippen LogP contribution in [0.3, 0.4) is 0 Å². The van der Waals surface area contributed by atoms with Gasteiger partial charge in [0.15, 0.2) is 0 Å². The van der Waals surface area contributed by atoms with Gasteiger partial charge >= 0.3 is 0 Å². The highest BCUT2D eigenvalue weighted by atomic mass is 35.5. The molecule has 0 bridgehead atoms. The van der Waals surface area contributed by atoms with Crippen LogP contribution in [0.4, 0.5) is 0 Å². The Balaban J connectivity index is 3.23. The number of aromatic nitrogens is 1. The van der Waals surface area contributed by atoms with Gasteiger partial charge in [-0.05, 0) is 36.1 Å². The van der Waals surface area contributed by atoms with Gasteiger partial charge in [0.2, 0.25) is 0 Å². The third-order valence-electron chi connectivity index (χ3n) is 2.30. The summed E-state index contributed by atoms with van der Waals surface area (Å²) >= 11 is 5.85. The number of halogens is 1. The number of nitrogens with zero attached hydrogens (tertiary/aromatic N) is 4. The van der Waals surface area contributed by atoms with E-state index in [0.29, 0.717) is 5.15 Å². The second-order valence-electron chi connectivity index (χ2n) is 3.14. The lowest BCUT2D eigenvalue weighted by Crippen LogP contribution is -1.97. The fourth-order valence-corrected chi connectivity index (χ4v) is 1.44. The molecule has 74 valence electrons. The van der Waals surface area contributed by atoms with Crippen molar-refractivity contribution >= 4 is 11.6 Å². The minimum absolute atomic E-state index is 0.205. The third-order valence-corrected chi connectivity index (χ3v) is 2.68. The molecule has 1 aromatic rings. The van der Waals surface area contributed by atoms with Crippen LogP contribution in [-0.2, 0) is 0 Å². The molecule has 1 aromatic heterocycles. The molecule has 0 saturated carbocycles. The highest BCUT2D eigenvalue weighted by molar-refractivity contribution is 6.30. The summed E-state index contributed by atoms with van der Waals surface area (Å²) < 4.78 is 0. The average Bonchev–Trinajstić information content (AvgIpc) is 2.15. The topological polar surface area (TPSA) is 61.7 Å². The van der Waals surface area contributed by atoms with Gasteiger partial charge in [-0.25, -0.2) is 4.98 Å². The van der Waals surface area contributed by atoms with Gasteiger partial charge in [0.1, 0.15) is 5.15 Å². The quantitative estimate of drug-likeness (QED) is 0.318. The zero-order chi connectivity index (χ0) is 10.7. The van der Waals surface area contributed by atoms with E-state index in [-0.39, 0.29) is 6.04 Å². The number of hydrogen-bond donors (Lipinski definition) is 0. The van der Waals surface area contributed by atoms with Crippen LogP contribution in [0.15, 0.2) is 11.3 Å². The molecule has 0 spiro atoms. The Morgan fingerprint density at radius 2 is 2.14 bits per heavy atom. The maximum atomic E-state index is 8.32. The molecule has 0 radical (unpaired) electrons. The van der Waals surface area contributed by atoms with Crippen LogP contribution in [0.25, 0.3) is 10.4 Å². The third kappa shape index (κ3) is 1.97. The molecule has 0 amide bonds. The van der Waals surface area contributed by atoms with Crippen LogP contribution in [0.1, 0.15) is 29.7 Å². The highest BCUT2D eigenvalue weighted by Gasteiger charge is 2.10. The molecule has 5 heteroatoms. The molecular formula is C9H11ClN4. The molecule has 4 nitrogen and oxygen atoms in total. The van der Waals surface area contributed by atoms with Crippen LogP contribution in [0.2, 0.25) is 5.15 Å². The van der Waals surface area contributed by atoms with Crippen molar-refractivity contribution in [3.05, 3.63) is 38.5 Å². The molecule has 0 N–H and O–H groups in total. The normalized spacial score (nSPS) is 12.0. The Bertz CT molecular complexity index is 396. The summed E-state index contributed by atoms with van der Waals surface area (Å²) in [6.07, 6.45) is 1.66. The summed E-state index contributed by atoms with van der Waals surface area (Å²) in [6, 6.07) is -0.205. The van der Waals surface area contributed by atoms with E-state index in [1.807, 2.05) is 20.8 Å². The highest BCUT2D eigenvalue weighted by Crippen LogP contribution is 2.25. The smallest absolute Gasteiger partial charge is 0.132 e. The predicted molar refractivity (Wildman–Crippen MR) is 56.3 cm³/mol. The summed E-state index contributed by atoms with van der Waals surface area (Å²) in [5.41, 5.74) is 11.2. The largest absolute Gasteiger partial charge is 0.244 e. The average molecular weight is 211 g/mol. The SMILES string of the molecule is Cc1c(C(C)N=[N+]=[N-])cnc(Cl)c1C. The standard InChI is InChI=1S/C9H11ClN4/c1-5-6(2)9(10)12-4-8(5)7(3)13-14-11/h4,7H,1-3H3. The summed E-state index contributed by atoms with van der Waals surface area (Å²) in [5.74, 6) is 0. The van der Waals surface area contributed by atoms with Crippen LogP contribution in [-0.4, -0.2) is 4.98 Å². The molecule has 0 aliphatic heterocycles. The lowest BCUT2D eigenvalue weighted by atomic mass is 10.0. The zero-order valence-electron chi connectivity index (χ0n) is 8.32. The Kier molecular flexibility index (Phi) is 3.33. The second kappa shape index (κ2) is 4.31. The maximum Gasteiger partial charge on any atom is 0.132 e. The molecule has 1 unspecified atom stereocenters. The first-order valence-electron chi connectivity index (χ1n) is 4.23. The minimum Gasteiger partial charge on any atom is -0.244 e. The molecule has 1 rings (SSSR count). The van der Waals surface area contributed by atoms with Crippen molar-refractivity contribution in [2.24, 2.45) is 5.11 Å². The molecular weight excluding hydrogens is 200 g/mol. The van der Waals surface area contributed by atoms with Crippen molar-refractivity contribution in [3.8, 4) is 0 Å². The molecule has 0 fully saturated rings. The van der Waals surface area contributed by atoms with Crippen molar-refractivity contribution < 1.29 is 0 Å². The van der Waals surface area contributed by atoms with Gasteiger partial charge in [-0.1, -0.05) is 23.6 Å². The molecule has 14 heavy (non-hydrogen) atoms. The minimum atomic E-state index is -0.205. The first-order chi connectivity index (χ1) is 6.57. The van der Waals surface area contributed by atoms with E-state index in [1.54, 1.807) is 6.20 Å². The Hall–Kier alpha value is -1.25. The number of azide groups is 1. The molecule has 0 saturated heterocycles. The summed E-state index contributed by atoms with van der Waals surface area (Å²) in [6.45, 7) is 5.68. The Morgan fingerprint density at radius 3 is 2.71 bits per heavy atom. The van der Waals surface area contributed by atoms with E-state index in [2.05, 4.69) is 15.0 Å². The van der Waals surface area contributed by atoms with Gasteiger partial charge in [-0.3, -0.25) is 0 Å². The van der Waals surface area contributed by atoms with Crippen LogP contribution < -0.4 is 0 Å². The first kappa shape index (κ1) is 10.8. The molecule has 1 heterocycles. The van der Waals surface area contributed by atoms with Gasteiger partial charge in [-0.2, -0.15) is 0 Å².